The number of thioether (sulfide) groups is 1. The Morgan fingerprint density at radius 3 is 2.41 bits per heavy atom. The molecule has 2 aliphatic heterocycles. The summed E-state index contributed by atoms with van der Waals surface area (Å²) in [7, 11) is 0. The molecule has 32 heavy (non-hydrogen) atoms. The van der Waals surface area contributed by atoms with Gasteiger partial charge in [-0.05, 0) is 17.7 Å². The van der Waals surface area contributed by atoms with Crippen LogP contribution in [0.25, 0.3) is 0 Å². The molecule has 2 amide bonds. The van der Waals surface area contributed by atoms with Gasteiger partial charge in [0.2, 0.25) is 5.91 Å². The van der Waals surface area contributed by atoms with E-state index in [1.54, 1.807) is 54.6 Å². The lowest BCUT2D eigenvalue weighted by Gasteiger charge is -2.34. The van der Waals surface area contributed by atoms with E-state index in [0.717, 1.165) is 17.3 Å². The molecule has 9 nitrogen and oxygen atoms in total. The topological polar surface area (TPSA) is 122 Å². The number of hydrogen-bond donors (Lipinski definition) is 2. The highest BCUT2D eigenvalue weighted by atomic mass is 32.2. The summed E-state index contributed by atoms with van der Waals surface area (Å²) in [5.41, 5.74) is -1.58. The number of nitrogens with zero attached hydrogens (tertiary/aromatic N) is 1. The van der Waals surface area contributed by atoms with Gasteiger partial charge in [-0.25, -0.2) is 4.79 Å². The number of benzene rings is 2. The smallest absolute Gasteiger partial charge is 0.373 e. The molecule has 0 spiro atoms. The Labute approximate surface area is 187 Å². The van der Waals surface area contributed by atoms with Gasteiger partial charge in [-0.1, -0.05) is 48.5 Å². The number of nitrogens with one attached hydrogen (secondary N) is 1. The first-order chi connectivity index (χ1) is 15.4. The second-order valence-corrected chi connectivity index (χ2v) is 8.59. The van der Waals surface area contributed by atoms with Gasteiger partial charge in [0.25, 0.3) is 5.91 Å². The number of carbonyl (C=O) groups excluding carboxylic acids is 3. The number of amides is 2. The van der Waals surface area contributed by atoms with Crippen molar-refractivity contribution in [2.75, 3.05) is 6.61 Å². The van der Waals surface area contributed by atoms with E-state index in [9.17, 15) is 24.3 Å². The van der Waals surface area contributed by atoms with Crippen molar-refractivity contribution in [2.45, 2.75) is 34.8 Å². The maximum Gasteiger partial charge on any atom is 0.373 e. The minimum Gasteiger partial charge on any atom is -0.477 e. The number of carboxylic acid groups (broad SMARTS) is 1. The number of ether oxygens (including phenoxy) is 1. The summed E-state index contributed by atoms with van der Waals surface area (Å²) in [5, 5.41) is 12.2. The predicted molar refractivity (Wildman–Crippen MR) is 112 cm³/mol. The molecule has 2 saturated heterocycles. The molecule has 3 atom stereocenters. The van der Waals surface area contributed by atoms with E-state index in [2.05, 4.69) is 5.32 Å². The van der Waals surface area contributed by atoms with E-state index in [4.69, 9.17) is 9.57 Å². The Morgan fingerprint density at radius 1 is 1.09 bits per heavy atom. The lowest BCUT2D eigenvalue weighted by molar-refractivity contribution is -0.255. The molecule has 2 unspecified atom stereocenters. The van der Waals surface area contributed by atoms with Crippen molar-refractivity contribution in [3.05, 3.63) is 66.2 Å². The van der Waals surface area contributed by atoms with Gasteiger partial charge in [0.15, 0.2) is 0 Å². The van der Waals surface area contributed by atoms with Crippen LogP contribution >= 0.6 is 11.8 Å². The number of esters is 1. The number of carbonyl (C=O) groups is 4. The van der Waals surface area contributed by atoms with Gasteiger partial charge in [0.1, 0.15) is 12.6 Å². The highest BCUT2D eigenvalue weighted by Gasteiger charge is 2.65. The Kier molecular flexibility index (Phi) is 6.15. The Hall–Kier alpha value is -3.37. The minimum atomic E-state index is -2.34. The fourth-order valence-electron chi connectivity index (χ4n) is 3.61. The second kappa shape index (κ2) is 9.01. The van der Waals surface area contributed by atoms with E-state index < -0.39 is 40.8 Å². The molecule has 2 aliphatic rings. The zero-order chi connectivity index (χ0) is 22.7. The van der Waals surface area contributed by atoms with Crippen LogP contribution in [0.1, 0.15) is 12.0 Å². The Morgan fingerprint density at radius 2 is 1.75 bits per heavy atom. The molecule has 2 aromatic rings. The van der Waals surface area contributed by atoms with Crippen LogP contribution in [0.3, 0.4) is 0 Å². The van der Waals surface area contributed by atoms with Gasteiger partial charge >= 0.3 is 17.7 Å². The molecule has 0 aliphatic carbocycles. The summed E-state index contributed by atoms with van der Waals surface area (Å²) in [6.07, 6.45) is -0.166. The van der Waals surface area contributed by atoms with E-state index in [-0.39, 0.29) is 19.4 Å². The van der Waals surface area contributed by atoms with Crippen molar-refractivity contribution < 1.29 is 33.9 Å². The van der Waals surface area contributed by atoms with Crippen LogP contribution in [0.2, 0.25) is 0 Å². The molecule has 2 heterocycles. The molecule has 10 heteroatoms. The first-order valence-corrected chi connectivity index (χ1v) is 10.8. The van der Waals surface area contributed by atoms with E-state index in [1.165, 1.54) is 0 Å². The average Bonchev–Trinajstić information content (AvgIpc) is 3.29. The Bertz CT molecular complexity index is 1030. The Balaban J connectivity index is 1.52. The van der Waals surface area contributed by atoms with E-state index in [1.807, 2.05) is 6.07 Å². The van der Waals surface area contributed by atoms with Crippen molar-refractivity contribution in [3.8, 4) is 0 Å². The fourth-order valence-corrected chi connectivity index (χ4v) is 4.88. The van der Waals surface area contributed by atoms with Crippen molar-refractivity contribution in [1.82, 2.24) is 10.4 Å². The number of cyclic esters (lactones) is 1. The molecule has 0 aromatic heterocycles. The second-order valence-electron chi connectivity index (χ2n) is 7.31. The van der Waals surface area contributed by atoms with Crippen LogP contribution in [0.5, 0.6) is 0 Å². The van der Waals surface area contributed by atoms with Gasteiger partial charge in [-0.2, -0.15) is 5.06 Å². The molecule has 2 N–H and O–H groups in total. The van der Waals surface area contributed by atoms with Crippen LogP contribution in [0, 0.1) is 0 Å². The lowest BCUT2D eigenvalue weighted by atomic mass is 10.1. The zero-order valence-corrected chi connectivity index (χ0v) is 17.6. The van der Waals surface area contributed by atoms with Gasteiger partial charge < -0.3 is 15.2 Å². The van der Waals surface area contributed by atoms with E-state index >= 15 is 0 Å². The summed E-state index contributed by atoms with van der Waals surface area (Å²) in [6.45, 7) is -0.269. The molecule has 2 aromatic carbocycles. The van der Waals surface area contributed by atoms with Crippen LogP contribution in [-0.2, 0) is 35.2 Å². The first-order valence-electron chi connectivity index (χ1n) is 9.87. The number of aliphatic carboxylic acids is 1. The summed E-state index contributed by atoms with van der Waals surface area (Å²) in [6, 6.07) is 16.8. The van der Waals surface area contributed by atoms with Gasteiger partial charge in [0, 0.05) is 4.90 Å². The van der Waals surface area contributed by atoms with Crippen molar-refractivity contribution in [2.24, 2.45) is 0 Å². The number of rotatable bonds is 7. The molecular formula is C22H20N2O7S. The third-order valence-corrected chi connectivity index (χ3v) is 6.41. The normalized spacial score (nSPS) is 24.9. The largest absolute Gasteiger partial charge is 0.477 e. The van der Waals surface area contributed by atoms with Crippen LogP contribution < -0.4 is 5.32 Å². The van der Waals surface area contributed by atoms with Gasteiger partial charge in [0.05, 0.1) is 18.1 Å². The molecule has 4 rings (SSSR count). The highest BCUT2D eigenvalue weighted by Crippen LogP contribution is 2.43. The zero-order valence-electron chi connectivity index (χ0n) is 16.8. The van der Waals surface area contributed by atoms with Crippen molar-refractivity contribution in [3.63, 3.8) is 0 Å². The summed E-state index contributed by atoms with van der Waals surface area (Å²) in [5.74, 6) is -3.49. The number of hydroxylamine groups is 2. The number of hydrogen-bond acceptors (Lipinski definition) is 7. The van der Waals surface area contributed by atoms with Crippen LogP contribution in [0.15, 0.2) is 65.6 Å². The predicted octanol–water partition coefficient (Wildman–Crippen LogP) is 1.38. The fraction of sp³-hybridized carbons (Fsp3) is 0.273. The molecule has 2 fully saturated rings. The molecular weight excluding hydrogens is 436 g/mol. The lowest BCUT2D eigenvalue weighted by Crippen LogP contribution is -2.61. The minimum absolute atomic E-state index is 0.0517. The summed E-state index contributed by atoms with van der Waals surface area (Å²) >= 11 is 1.11. The maximum absolute atomic E-state index is 13.0. The molecule has 0 radical (unpaired) electrons. The number of carboxylic acids is 1. The SMILES string of the molecule is O=C(Cc1ccccc1)N[C@H]1CON(C2(C(=O)O)OC(=O)CC2Sc2ccccc2)C1=O. The van der Waals surface area contributed by atoms with Gasteiger partial charge in [-0.15, -0.1) is 11.8 Å². The quantitative estimate of drug-likeness (QED) is 0.599. The van der Waals surface area contributed by atoms with Crippen LogP contribution in [-0.4, -0.2) is 57.5 Å². The monoisotopic (exact) mass is 456 g/mol. The maximum atomic E-state index is 13.0. The molecule has 0 saturated carbocycles. The van der Waals surface area contributed by atoms with Crippen LogP contribution in [0.4, 0.5) is 0 Å². The molecule has 0 bridgehead atoms. The van der Waals surface area contributed by atoms with Crippen molar-refractivity contribution >= 4 is 35.5 Å². The summed E-state index contributed by atoms with van der Waals surface area (Å²) in [4.78, 5) is 55.9. The third kappa shape index (κ3) is 4.19. The van der Waals surface area contributed by atoms with Gasteiger partial charge in [-0.3, -0.25) is 19.2 Å². The highest BCUT2D eigenvalue weighted by molar-refractivity contribution is 8.00. The average molecular weight is 456 g/mol. The first kappa shape index (κ1) is 21.8. The van der Waals surface area contributed by atoms with E-state index in [0.29, 0.717) is 9.96 Å². The third-order valence-electron chi connectivity index (χ3n) is 5.10. The molecule has 166 valence electrons. The standard InChI is InChI=1S/C22H20N2O7S/c25-18(11-14-7-3-1-4-8-14)23-16-13-30-24(20(16)27)22(21(28)29)17(12-19(26)31-22)32-15-9-5-2-6-10-15/h1-10,16-17H,11-13H2,(H,23,25)(H,28,29)/t16-,17?,22?/m0/s1. The van der Waals surface area contributed by atoms with Crippen molar-refractivity contribution in [1.29, 1.82) is 0 Å². The summed E-state index contributed by atoms with van der Waals surface area (Å²) < 4.78 is 5.21.